The lowest BCUT2D eigenvalue weighted by Crippen LogP contribution is -2.24. The molecule has 0 saturated carbocycles. The Morgan fingerprint density at radius 2 is 1.33 bits per heavy atom. The molecule has 0 aromatic heterocycles. The topological polar surface area (TPSA) is 18.5 Å². The van der Waals surface area contributed by atoms with Gasteiger partial charge in [-0.15, -0.1) is 0 Å². The molecule has 0 bridgehead atoms. The first-order chi connectivity index (χ1) is 22.8. The Morgan fingerprint density at radius 1 is 0.646 bits per heavy atom. The summed E-state index contributed by atoms with van der Waals surface area (Å²) in [4.78, 5) is 0. The molecule has 5 rings (SSSR count). The summed E-state index contributed by atoms with van der Waals surface area (Å²) in [7, 11) is 0. The minimum atomic E-state index is -4.44. The molecular formula is C37H25F9O2. The number of rotatable bonds is 9. The molecule has 2 nitrogen and oxygen atoms in total. The number of aryl methyl sites for hydroxylation is 1. The summed E-state index contributed by atoms with van der Waals surface area (Å²) in [5, 5.41) is -1.60. The average molecular weight is 673 g/mol. The van der Waals surface area contributed by atoms with Gasteiger partial charge < -0.3 is 9.47 Å². The van der Waals surface area contributed by atoms with E-state index >= 15 is 22.0 Å². The zero-order chi connectivity index (χ0) is 34.7. The second-order valence-electron chi connectivity index (χ2n) is 10.7. The third kappa shape index (κ3) is 7.08. The van der Waals surface area contributed by atoms with E-state index in [0.29, 0.717) is 42.2 Å². The Morgan fingerprint density at radius 3 is 1.98 bits per heavy atom. The predicted octanol–water partition coefficient (Wildman–Crippen LogP) is 10.7. The molecule has 0 N–H and O–H groups in total. The van der Waals surface area contributed by atoms with Gasteiger partial charge in [0.25, 0.3) is 0 Å². The SMILES string of the molecule is CCCCOc1ccc(-c2cc(F)c(C#Cc3cc(F)c(C(F)(F)Oc4cc(F)c5c(F)c(F)c(F)cc5c4)cc3CC)c(F)c2)cc1. The van der Waals surface area contributed by atoms with Gasteiger partial charge in [0.2, 0.25) is 0 Å². The minimum absolute atomic E-state index is 0.0319. The summed E-state index contributed by atoms with van der Waals surface area (Å²) in [5.74, 6) is -6.09. The second-order valence-corrected chi connectivity index (χ2v) is 10.7. The molecule has 0 fully saturated rings. The van der Waals surface area contributed by atoms with Gasteiger partial charge in [-0.1, -0.05) is 44.2 Å². The minimum Gasteiger partial charge on any atom is -0.494 e. The van der Waals surface area contributed by atoms with Crippen molar-refractivity contribution >= 4 is 10.8 Å². The molecule has 5 aromatic carbocycles. The van der Waals surface area contributed by atoms with Crippen molar-refractivity contribution in [3.63, 3.8) is 0 Å². The molecule has 0 radical (unpaired) electrons. The number of fused-ring (bicyclic) bond motifs is 1. The van der Waals surface area contributed by atoms with Gasteiger partial charge in [-0.3, -0.25) is 0 Å². The van der Waals surface area contributed by atoms with Crippen LogP contribution in [0, 0.1) is 52.6 Å². The van der Waals surface area contributed by atoms with E-state index in [4.69, 9.17) is 4.74 Å². The molecule has 248 valence electrons. The average Bonchev–Trinajstić information content (AvgIpc) is 3.03. The van der Waals surface area contributed by atoms with Crippen LogP contribution in [0.25, 0.3) is 21.9 Å². The largest absolute Gasteiger partial charge is 0.494 e. The van der Waals surface area contributed by atoms with Crippen LogP contribution in [0.4, 0.5) is 39.5 Å². The maximum atomic E-state index is 15.2. The van der Waals surface area contributed by atoms with Crippen LogP contribution in [-0.4, -0.2) is 6.61 Å². The van der Waals surface area contributed by atoms with E-state index in [1.54, 1.807) is 24.3 Å². The van der Waals surface area contributed by atoms with Crippen molar-refractivity contribution in [2.75, 3.05) is 6.61 Å². The monoisotopic (exact) mass is 672 g/mol. The smallest absolute Gasteiger partial charge is 0.429 e. The maximum Gasteiger partial charge on any atom is 0.429 e. The first-order valence-electron chi connectivity index (χ1n) is 14.7. The second kappa shape index (κ2) is 13.9. The van der Waals surface area contributed by atoms with Crippen molar-refractivity contribution in [1.82, 2.24) is 0 Å². The number of hydrogen-bond donors (Lipinski definition) is 0. The zero-order valence-corrected chi connectivity index (χ0v) is 25.4. The van der Waals surface area contributed by atoms with Crippen molar-refractivity contribution in [1.29, 1.82) is 0 Å². The standard InChI is InChI=1S/C37H25F9O2/c1-3-5-12-47-25-9-6-21(7-10-25)23-16-29(38)27(30(39)17-23)11-8-22-15-31(40)28(14-20(22)4-2)37(45,46)48-26-13-24-18-33(42)35(43)36(44)34(24)32(41)19-26/h6-7,9-10,13-19H,3-5,12H2,1-2H3. The normalized spacial score (nSPS) is 11.4. The van der Waals surface area contributed by atoms with Gasteiger partial charge in [-0.25, -0.2) is 30.7 Å². The Bertz CT molecular complexity index is 2040. The Hall–Kier alpha value is -5.11. The van der Waals surface area contributed by atoms with Crippen LogP contribution in [0.15, 0.2) is 66.7 Å². The summed E-state index contributed by atoms with van der Waals surface area (Å²) in [5.41, 5.74) is -1.24. The molecule has 0 aliphatic heterocycles. The van der Waals surface area contributed by atoms with Crippen LogP contribution in [0.2, 0.25) is 0 Å². The first-order valence-corrected chi connectivity index (χ1v) is 14.7. The highest BCUT2D eigenvalue weighted by atomic mass is 19.3. The van der Waals surface area contributed by atoms with Crippen LogP contribution in [-0.2, 0) is 12.5 Å². The maximum absolute atomic E-state index is 15.2. The van der Waals surface area contributed by atoms with Crippen molar-refractivity contribution in [3.05, 3.63) is 130 Å². The molecular weight excluding hydrogens is 647 g/mol. The molecule has 11 heteroatoms. The zero-order valence-electron chi connectivity index (χ0n) is 25.4. The molecule has 0 atom stereocenters. The fourth-order valence-electron chi connectivity index (χ4n) is 4.94. The van der Waals surface area contributed by atoms with Crippen molar-refractivity contribution in [2.45, 2.75) is 39.2 Å². The molecule has 0 saturated heterocycles. The van der Waals surface area contributed by atoms with Gasteiger partial charge in [-0.05, 0) is 83.4 Å². The molecule has 0 amide bonds. The molecule has 0 aliphatic rings. The highest BCUT2D eigenvalue weighted by Gasteiger charge is 2.39. The lowest BCUT2D eigenvalue weighted by molar-refractivity contribution is -0.187. The highest BCUT2D eigenvalue weighted by Crippen LogP contribution is 2.37. The van der Waals surface area contributed by atoms with Crippen LogP contribution < -0.4 is 9.47 Å². The lowest BCUT2D eigenvalue weighted by Gasteiger charge is -2.20. The molecule has 0 heterocycles. The quantitative estimate of drug-likeness (QED) is 0.0672. The van der Waals surface area contributed by atoms with E-state index in [2.05, 4.69) is 16.6 Å². The highest BCUT2D eigenvalue weighted by molar-refractivity contribution is 5.85. The van der Waals surface area contributed by atoms with Crippen LogP contribution in [0.5, 0.6) is 11.5 Å². The van der Waals surface area contributed by atoms with E-state index in [9.17, 15) is 17.6 Å². The number of alkyl halides is 2. The summed E-state index contributed by atoms with van der Waals surface area (Å²) in [6.45, 7) is 4.11. The Kier molecular flexibility index (Phi) is 9.94. The van der Waals surface area contributed by atoms with Gasteiger partial charge in [0.05, 0.1) is 17.6 Å². The Balaban J connectivity index is 1.41. The third-order valence-electron chi connectivity index (χ3n) is 7.45. The van der Waals surface area contributed by atoms with Crippen molar-refractivity contribution < 1.29 is 49.0 Å². The fraction of sp³-hybridized carbons (Fsp3) is 0.189. The number of ether oxygens (including phenoxy) is 2. The van der Waals surface area contributed by atoms with E-state index < -0.39 is 74.5 Å². The molecule has 0 spiro atoms. The number of hydrogen-bond acceptors (Lipinski definition) is 2. The molecule has 0 unspecified atom stereocenters. The van der Waals surface area contributed by atoms with Crippen molar-refractivity contribution in [3.8, 4) is 34.5 Å². The van der Waals surface area contributed by atoms with Gasteiger partial charge in [0.1, 0.15) is 40.3 Å². The predicted molar refractivity (Wildman–Crippen MR) is 162 cm³/mol. The summed E-state index contributed by atoms with van der Waals surface area (Å²) < 4.78 is 141. The lowest BCUT2D eigenvalue weighted by atomic mass is 9.99. The van der Waals surface area contributed by atoms with Crippen LogP contribution in [0.3, 0.4) is 0 Å². The molecule has 48 heavy (non-hydrogen) atoms. The third-order valence-corrected chi connectivity index (χ3v) is 7.45. The van der Waals surface area contributed by atoms with E-state index in [0.717, 1.165) is 31.0 Å². The Labute approximate surface area is 269 Å². The summed E-state index contributed by atoms with van der Waals surface area (Å²) in [6, 6.07) is 11.5. The van der Waals surface area contributed by atoms with Crippen molar-refractivity contribution in [2.24, 2.45) is 0 Å². The van der Waals surface area contributed by atoms with E-state index in [-0.39, 0.29) is 23.1 Å². The summed E-state index contributed by atoms with van der Waals surface area (Å²) >= 11 is 0. The molecule has 5 aromatic rings. The first kappa shape index (κ1) is 34.2. The number of unbranched alkanes of at least 4 members (excludes halogenated alkanes) is 1. The van der Waals surface area contributed by atoms with Gasteiger partial charge >= 0.3 is 6.11 Å². The summed E-state index contributed by atoms with van der Waals surface area (Å²) in [6.07, 6.45) is -2.56. The number of halogens is 9. The van der Waals surface area contributed by atoms with Gasteiger partial charge in [-0.2, -0.15) is 8.78 Å². The van der Waals surface area contributed by atoms with Crippen LogP contribution >= 0.6 is 0 Å². The van der Waals surface area contributed by atoms with Gasteiger partial charge in [0.15, 0.2) is 17.5 Å². The van der Waals surface area contributed by atoms with E-state index in [1.165, 1.54) is 6.92 Å². The fourth-order valence-corrected chi connectivity index (χ4v) is 4.94. The number of benzene rings is 5. The van der Waals surface area contributed by atoms with E-state index in [1.807, 2.05) is 6.92 Å². The van der Waals surface area contributed by atoms with Crippen LogP contribution in [0.1, 0.15) is 48.9 Å². The van der Waals surface area contributed by atoms with Gasteiger partial charge in [0, 0.05) is 11.6 Å². The molecule has 0 aliphatic carbocycles.